The van der Waals surface area contributed by atoms with Gasteiger partial charge in [0.05, 0.1) is 0 Å². The number of hydrogen-bond acceptors (Lipinski definition) is 2. The first-order valence-corrected chi connectivity index (χ1v) is 5.77. The Hall–Kier alpha value is -2.51. The highest BCUT2D eigenvalue weighted by Gasteiger charge is 2.31. The Balaban J connectivity index is 2.63. The second-order valence-electron chi connectivity index (χ2n) is 4.19. The van der Waals surface area contributed by atoms with Gasteiger partial charge in [-0.2, -0.15) is 13.2 Å². The van der Waals surface area contributed by atoms with Crippen LogP contribution in [0.3, 0.4) is 0 Å². The first-order chi connectivity index (χ1) is 9.67. The molecule has 0 saturated heterocycles. The second kappa shape index (κ2) is 6.78. The number of carbonyl (C=O) groups excluding carboxylic acids is 1. The van der Waals surface area contributed by atoms with Crippen molar-refractivity contribution < 1.29 is 27.9 Å². The van der Waals surface area contributed by atoms with E-state index in [2.05, 4.69) is 5.32 Å². The van der Waals surface area contributed by atoms with Crippen LogP contribution < -0.4 is 5.32 Å². The number of carboxylic acids is 1. The molecule has 2 amide bonds. The minimum Gasteiger partial charge on any atom is -0.478 e. The van der Waals surface area contributed by atoms with Crippen molar-refractivity contribution in [2.75, 3.05) is 18.9 Å². The SMILES string of the molecule is CN(CC(F)(F)F)C(=O)Nc1ccc(C=CC(=O)O)cc1. The average molecular weight is 302 g/mol. The maximum absolute atomic E-state index is 12.1. The second-order valence-corrected chi connectivity index (χ2v) is 4.19. The maximum Gasteiger partial charge on any atom is 0.406 e. The van der Waals surface area contributed by atoms with Crippen LogP contribution in [0, 0.1) is 0 Å². The van der Waals surface area contributed by atoms with Gasteiger partial charge in [0.25, 0.3) is 0 Å². The smallest absolute Gasteiger partial charge is 0.406 e. The Labute approximate surface area is 118 Å². The summed E-state index contributed by atoms with van der Waals surface area (Å²) in [5.41, 5.74) is 0.889. The van der Waals surface area contributed by atoms with Crippen molar-refractivity contribution in [1.82, 2.24) is 4.90 Å². The summed E-state index contributed by atoms with van der Waals surface area (Å²) in [6, 6.07) is 5.08. The van der Waals surface area contributed by atoms with E-state index in [-0.39, 0.29) is 0 Å². The lowest BCUT2D eigenvalue weighted by Gasteiger charge is -2.19. The Kier molecular flexibility index (Phi) is 5.34. The van der Waals surface area contributed by atoms with Crippen LogP contribution in [0.4, 0.5) is 23.7 Å². The standard InChI is InChI=1S/C13H13F3N2O3/c1-18(8-13(14,15)16)12(21)17-10-5-2-9(3-6-10)4-7-11(19)20/h2-7H,8H2,1H3,(H,17,21)(H,19,20). The van der Waals surface area contributed by atoms with Gasteiger partial charge in [0.2, 0.25) is 0 Å². The lowest BCUT2D eigenvalue weighted by molar-refractivity contribution is -0.137. The number of carbonyl (C=O) groups is 2. The third-order valence-corrected chi connectivity index (χ3v) is 2.34. The predicted molar refractivity (Wildman–Crippen MR) is 70.8 cm³/mol. The van der Waals surface area contributed by atoms with E-state index in [0.717, 1.165) is 13.1 Å². The van der Waals surface area contributed by atoms with Crippen molar-refractivity contribution >= 4 is 23.8 Å². The van der Waals surface area contributed by atoms with Gasteiger partial charge in [-0.3, -0.25) is 0 Å². The molecule has 0 radical (unpaired) electrons. The van der Waals surface area contributed by atoms with Crippen molar-refractivity contribution in [3.8, 4) is 0 Å². The fraction of sp³-hybridized carbons (Fsp3) is 0.231. The predicted octanol–water partition coefficient (Wildman–Crippen LogP) is 2.81. The fourth-order valence-electron chi connectivity index (χ4n) is 1.40. The quantitative estimate of drug-likeness (QED) is 0.840. The van der Waals surface area contributed by atoms with Crippen LogP contribution in [-0.4, -0.2) is 41.8 Å². The van der Waals surface area contributed by atoms with Crippen molar-refractivity contribution in [3.63, 3.8) is 0 Å². The topological polar surface area (TPSA) is 69.6 Å². The number of alkyl halides is 3. The first-order valence-electron chi connectivity index (χ1n) is 5.77. The third-order valence-electron chi connectivity index (χ3n) is 2.34. The van der Waals surface area contributed by atoms with E-state index in [4.69, 9.17) is 5.11 Å². The van der Waals surface area contributed by atoms with E-state index < -0.39 is 24.7 Å². The number of amides is 2. The molecule has 0 heterocycles. The van der Waals surface area contributed by atoms with Gasteiger partial charge in [-0.05, 0) is 23.8 Å². The van der Waals surface area contributed by atoms with E-state index in [1.54, 1.807) is 0 Å². The van der Waals surface area contributed by atoms with Gasteiger partial charge in [-0.1, -0.05) is 12.1 Å². The molecule has 0 aliphatic carbocycles. The molecule has 0 atom stereocenters. The molecule has 0 aliphatic heterocycles. The number of halogens is 3. The molecule has 114 valence electrons. The van der Waals surface area contributed by atoms with Crippen LogP contribution in [0.1, 0.15) is 5.56 Å². The van der Waals surface area contributed by atoms with Crippen LogP contribution >= 0.6 is 0 Å². The molecule has 1 rings (SSSR count). The van der Waals surface area contributed by atoms with Crippen molar-refractivity contribution in [3.05, 3.63) is 35.9 Å². The Morgan fingerprint density at radius 2 is 1.86 bits per heavy atom. The Morgan fingerprint density at radius 3 is 2.33 bits per heavy atom. The largest absolute Gasteiger partial charge is 0.478 e. The maximum atomic E-state index is 12.1. The van der Waals surface area contributed by atoms with Gasteiger partial charge in [0.15, 0.2) is 0 Å². The molecular weight excluding hydrogens is 289 g/mol. The zero-order valence-corrected chi connectivity index (χ0v) is 11.0. The minimum absolute atomic E-state index is 0.307. The van der Waals surface area contributed by atoms with Crippen LogP contribution in [0.15, 0.2) is 30.3 Å². The molecule has 0 saturated carbocycles. The van der Waals surface area contributed by atoms with E-state index in [1.165, 1.54) is 30.3 Å². The third kappa shape index (κ3) is 6.46. The molecule has 1 aromatic carbocycles. The summed E-state index contributed by atoms with van der Waals surface area (Å²) in [5.74, 6) is -1.10. The molecule has 0 aromatic heterocycles. The van der Waals surface area contributed by atoms with Crippen molar-refractivity contribution in [1.29, 1.82) is 0 Å². The van der Waals surface area contributed by atoms with Gasteiger partial charge in [0, 0.05) is 18.8 Å². The molecule has 1 aromatic rings. The number of nitrogens with one attached hydrogen (secondary N) is 1. The zero-order valence-electron chi connectivity index (χ0n) is 11.0. The highest BCUT2D eigenvalue weighted by Crippen LogP contribution is 2.17. The highest BCUT2D eigenvalue weighted by atomic mass is 19.4. The summed E-state index contributed by atoms with van der Waals surface area (Å²) in [7, 11) is 1.03. The Bertz CT molecular complexity index is 539. The number of hydrogen-bond donors (Lipinski definition) is 2. The molecule has 5 nitrogen and oxygen atoms in total. The van der Waals surface area contributed by atoms with Crippen LogP contribution in [0.5, 0.6) is 0 Å². The normalized spacial score (nSPS) is 11.4. The number of rotatable bonds is 4. The van der Waals surface area contributed by atoms with Gasteiger partial charge < -0.3 is 15.3 Å². The molecule has 21 heavy (non-hydrogen) atoms. The molecule has 0 aliphatic rings. The van der Waals surface area contributed by atoms with Crippen molar-refractivity contribution in [2.45, 2.75) is 6.18 Å². The van der Waals surface area contributed by atoms with E-state index in [0.29, 0.717) is 16.2 Å². The summed E-state index contributed by atoms with van der Waals surface area (Å²) in [6.07, 6.45) is -2.16. The van der Waals surface area contributed by atoms with Crippen LogP contribution in [0.25, 0.3) is 6.08 Å². The fourth-order valence-corrected chi connectivity index (χ4v) is 1.40. The summed E-state index contributed by atoms with van der Waals surface area (Å²) in [4.78, 5) is 22.4. The van der Waals surface area contributed by atoms with Crippen molar-refractivity contribution in [2.24, 2.45) is 0 Å². The monoisotopic (exact) mass is 302 g/mol. The molecular formula is C13H13F3N2O3. The van der Waals surface area contributed by atoms with Crippen LogP contribution in [-0.2, 0) is 4.79 Å². The van der Waals surface area contributed by atoms with E-state index in [9.17, 15) is 22.8 Å². The number of benzene rings is 1. The van der Waals surface area contributed by atoms with Gasteiger partial charge >= 0.3 is 18.2 Å². The Morgan fingerprint density at radius 1 is 1.29 bits per heavy atom. The summed E-state index contributed by atoms with van der Waals surface area (Å²) in [6.45, 7) is -1.35. The lowest BCUT2D eigenvalue weighted by atomic mass is 10.2. The molecule has 0 bridgehead atoms. The number of anilines is 1. The van der Waals surface area contributed by atoms with Gasteiger partial charge in [-0.15, -0.1) is 0 Å². The molecule has 2 N–H and O–H groups in total. The molecule has 0 fully saturated rings. The van der Waals surface area contributed by atoms with Crippen LogP contribution in [0.2, 0.25) is 0 Å². The average Bonchev–Trinajstić information content (AvgIpc) is 2.35. The van der Waals surface area contributed by atoms with Gasteiger partial charge in [-0.25, -0.2) is 9.59 Å². The highest BCUT2D eigenvalue weighted by molar-refractivity contribution is 5.89. The van der Waals surface area contributed by atoms with E-state index in [1.807, 2.05) is 0 Å². The number of aliphatic carboxylic acids is 1. The lowest BCUT2D eigenvalue weighted by Crippen LogP contribution is -2.38. The number of urea groups is 1. The number of nitrogens with zero attached hydrogens (tertiary/aromatic N) is 1. The zero-order chi connectivity index (χ0) is 16.0. The molecule has 8 heteroatoms. The summed E-state index contributed by atoms with van der Waals surface area (Å²) >= 11 is 0. The minimum atomic E-state index is -4.46. The van der Waals surface area contributed by atoms with Gasteiger partial charge in [0.1, 0.15) is 6.54 Å². The molecule has 0 unspecified atom stereocenters. The van der Waals surface area contributed by atoms with E-state index >= 15 is 0 Å². The molecule has 0 spiro atoms. The first kappa shape index (κ1) is 16.5. The summed E-state index contributed by atoms with van der Waals surface area (Å²) in [5, 5.41) is 10.8. The summed E-state index contributed by atoms with van der Waals surface area (Å²) < 4.78 is 36.4. The number of carboxylic acid groups (broad SMARTS) is 1.